The lowest BCUT2D eigenvalue weighted by Gasteiger charge is -2.26. The molecule has 1 atom stereocenters. The van der Waals surface area contributed by atoms with E-state index in [1.165, 1.54) is 0 Å². The van der Waals surface area contributed by atoms with Crippen LogP contribution in [0.3, 0.4) is 0 Å². The zero-order chi connectivity index (χ0) is 12.9. The van der Waals surface area contributed by atoms with Gasteiger partial charge in [0.05, 0.1) is 17.5 Å². The Hall–Kier alpha value is -1.35. The average Bonchev–Trinajstić information content (AvgIpc) is 2.67. The molecule has 3 rings (SSSR count). The summed E-state index contributed by atoms with van der Waals surface area (Å²) >= 11 is 5.85. The Labute approximate surface area is 111 Å². The number of rotatable bonds is 2. The Kier molecular flexibility index (Phi) is 2.67. The predicted octanol–water partition coefficient (Wildman–Crippen LogP) is 2.33. The molecule has 2 aliphatic rings. The fourth-order valence-electron chi connectivity index (χ4n) is 2.85. The number of Topliss-reactive ketones (excluding diaryl/α,β-unsaturated/α-hetero) is 1. The summed E-state index contributed by atoms with van der Waals surface area (Å²) in [5.41, 5.74) is 3.79. The van der Waals surface area contributed by atoms with Gasteiger partial charge in [-0.15, -0.1) is 11.6 Å². The lowest BCUT2D eigenvalue weighted by atomic mass is 9.95. The molecular formula is C14H14ClNO2. The summed E-state index contributed by atoms with van der Waals surface area (Å²) in [7, 11) is 0. The molecular weight excluding hydrogens is 250 g/mol. The molecule has 1 aromatic rings. The van der Waals surface area contributed by atoms with Crippen LogP contribution in [0.2, 0.25) is 0 Å². The van der Waals surface area contributed by atoms with Crippen molar-refractivity contribution < 1.29 is 9.59 Å². The van der Waals surface area contributed by atoms with Crippen LogP contribution in [-0.2, 0) is 17.6 Å². The van der Waals surface area contributed by atoms with Gasteiger partial charge in [-0.2, -0.15) is 0 Å². The molecule has 1 unspecified atom stereocenters. The molecule has 0 N–H and O–H groups in total. The third kappa shape index (κ3) is 1.65. The number of nitrogens with zero attached hydrogens (tertiary/aromatic N) is 1. The Balaban J connectivity index is 2.12. The van der Waals surface area contributed by atoms with Crippen LogP contribution in [0.1, 0.15) is 34.8 Å². The van der Waals surface area contributed by atoms with Gasteiger partial charge in [-0.3, -0.25) is 9.59 Å². The van der Waals surface area contributed by atoms with Crippen molar-refractivity contribution in [1.29, 1.82) is 0 Å². The molecule has 0 aromatic heterocycles. The molecule has 2 aliphatic heterocycles. The van der Waals surface area contributed by atoms with E-state index in [-0.39, 0.29) is 11.7 Å². The van der Waals surface area contributed by atoms with Crippen molar-refractivity contribution in [3.05, 3.63) is 28.8 Å². The van der Waals surface area contributed by atoms with E-state index in [2.05, 4.69) is 0 Å². The van der Waals surface area contributed by atoms with Gasteiger partial charge in [0.15, 0.2) is 5.78 Å². The maximum atomic E-state index is 12.0. The first kappa shape index (κ1) is 11.7. The van der Waals surface area contributed by atoms with Crippen LogP contribution >= 0.6 is 11.6 Å². The maximum Gasteiger partial charge on any atom is 0.231 e. The molecule has 0 spiro atoms. The van der Waals surface area contributed by atoms with E-state index in [0.29, 0.717) is 12.0 Å². The van der Waals surface area contributed by atoms with Gasteiger partial charge < -0.3 is 4.90 Å². The van der Waals surface area contributed by atoms with Crippen LogP contribution in [0, 0.1) is 0 Å². The van der Waals surface area contributed by atoms with Crippen molar-refractivity contribution in [1.82, 2.24) is 0 Å². The summed E-state index contributed by atoms with van der Waals surface area (Å²) < 4.78 is 0. The molecule has 0 saturated heterocycles. The smallest absolute Gasteiger partial charge is 0.231 e. The van der Waals surface area contributed by atoms with Gasteiger partial charge in [0.2, 0.25) is 5.91 Å². The highest BCUT2D eigenvalue weighted by atomic mass is 35.5. The first-order valence-corrected chi connectivity index (χ1v) is 6.66. The van der Waals surface area contributed by atoms with Crippen LogP contribution in [0.15, 0.2) is 12.1 Å². The van der Waals surface area contributed by atoms with Crippen LogP contribution in [0.5, 0.6) is 0 Å². The Morgan fingerprint density at radius 3 is 2.83 bits per heavy atom. The van der Waals surface area contributed by atoms with Crippen LogP contribution < -0.4 is 4.90 Å². The molecule has 0 aliphatic carbocycles. The van der Waals surface area contributed by atoms with Gasteiger partial charge in [0.1, 0.15) is 0 Å². The van der Waals surface area contributed by atoms with E-state index < -0.39 is 5.38 Å². The molecule has 1 aromatic carbocycles. The van der Waals surface area contributed by atoms with Gasteiger partial charge in [0.25, 0.3) is 0 Å². The van der Waals surface area contributed by atoms with E-state index in [4.69, 9.17) is 11.6 Å². The number of ketones is 1. The van der Waals surface area contributed by atoms with Crippen LogP contribution in [-0.4, -0.2) is 23.6 Å². The highest BCUT2D eigenvalue weighted by molar-refractivity contribution is 6.33. The van der Waals surface area contributed by atoms with Crippen molar-refractivity contribution in [3.8, 4) is 0 Å². The van der Waals surface area contributed by atoms with Gasteiger partial charge in [0, 0.05) is 12.1 Å². The van der Waals surface area contributed by atoms with Crippen molar-refractivity contribution in [3.63, 3.8) is 0 Å². The number of carbonyl (C=O) groups excluding carboxylic acids is 2. The SMILES string of the molecule is CC(Cl)C(=O)c1cc2c3c(c1)CC(=O)N3CCC2. The molecule has 0 fully saturated rings. The van der Waals surface area contributed by atoms with Crippen molar-refractivity contribution >= 4 is 29.0 Å². The summed E-state index contributed by atoms with van der Waals surface area (Å²) in [6.45, 7) is 2.48. The third-order valence-electron chi connectivity index (χ3n) is 3.65. The molecule has 4 heteroatoms. The lowest BCUT2D eigenvalue weighted by molar-refractivity contribution is -0.117. The summed E-state index contributed by atoms with van der Waals surface area (Å²) in [5, 5.41) is -0.521. The number of aryl methyl sites for hydroxylation is 1. The first-order valence-electron chi connectivity index (χ1n) is 6.22. The zero-order valence-corrected chi connectivity index (χ0v) is 11.0. The largest absolute Gasteiger partial charge is 0.312 e. The summed E-state index contributed by atoms with van der Waals surface area (Å²) in [6, 6.07) is 3.74. The van der Waals surface area contributed by atoms with Crippen molar-refractivity contribution in [2.24, 2.45) is 0 Å². The number of benzene rings is 1. The Bertz CT molecular complexity index is 551. The normalized spacial score (nSPS) is 18.8. The first-order chi connectivity index (χ1) is 8.58. The minimum atomic E-state index is -0.521. The molecule has 0 radical (unpaired) electrons. The number of hydrogen-bond acceptors (Lipinski definition) is 2. The number of halogens is 1. The molecule has 18 heavy (non-hydrogen) atoms. The second-order valence-electron chi connectivity index (χ2n) is 4.95. The highest BCUT2D eigenvalue weighted by Crippen LogP contribution is 2.37. The van der Waals surface area contributed by atoms with Crippen LogP contribution in [0.25, 0.3) is 0 Å². The van der Waals surface area contributed by atoms with E-state index in [0.717, 1.165) is 36.2 Å². The maximum absolute atomic E-state index is 12.0. The van der Waals surface area contributed by atoms with E-state index in [1.54, 1.807) is 6.92 Å². The standard InChI is InChI=1S/C14H14ClNO2/c1-8(15)14(18)11-5-9-3-2-4-16-12(17)7-10(6-11)13(9)16/h5-6,8H,2-4,7H2,1H3. The third-order valence-corrected chi connectivity index (χ3v) is 3.85. The number of anilines is 1. The van der Waals surface area contributed by atoms with E-state index in [9.17, 15) is 9.59 Å². The van der Waals surface area contributed by atoms with E-state index >= 15 is 0 Å². The predicted molar refractivity (Wildman–Crippen MR) is 70.5 cm³/mol. The summed E-state index contributed by atoms with van der Waals surface area (Å²) in [5.74, 6) is 0.0849. The molecule has 3 nitrogen and oxygen atoms in total. The summed E-state index contributed by atoms with van der Waals surface area (Å²) in [6.07, 6.45) is 2.32. The fourth-order valence-corrected chi connectivity index (χ4v) is 2.98. The molecule has 0 bridgehead atoms. The fraction of sp³-hybridized carbons (Fsp3) is 0.429. The minimum Gasteiger partial charge on any atom is -0.312 e. The monoisotopic (exact) mass is 263 g/mol. The molecule has 2 heterocycles. The average molecular weight is 264 g/mol. The van der Waals surface area contributed by atoms with Crippen LogP contribution in [0.4, 0.5) is 5.69 Å². The lowest BCUT2D eigenvalue weighted by Crippen LogP contribution is -2.31. The zero-order valence-electron chi connectivity index (χ0n) is 10.2. The van der Waals surface area contributed by atoms with Gasteiger partial charge >= 0.3 is 0 Å². The number of alkyl halides is 1. The molecule has 0 saturated carbocycles. The number of amides is 1. The minimum absolute atomic E-state index is 0.0628. The number of hydrogen-bond donors (Lipinski definition) is 0. The van der Waals surface area contributed by atoms with Crippen molar-refractivity contribution in [2.75, 3.05) is 11.4 Å². The van der Waals surface area contributed by atoms with Crippen molar-refractivity contribution in [2.45, 2.75) is 31.6 Å². The molecule has 94 valence electrons. The second-order valence-corrected chi connectivity index (χ2v) is 5.60. The Morgan fingerprint density at radius 1 is 1.39 bits per heavy atom. The van der Waals surface area contributed by atoms with Gasteiger partial charge in [-0.25, -0.2) is 0 Å². The van der Waals surface area contributed by atoms with Gasteiger partial charge in [-0.1, -0.05) is 0 Å². The number of carbonyl (C=O) groups is 2. The highest BCUT2D eigenvalue weighted by Gasteiger charge is 2.33. The Morgan fingerprint density at radius 2 is 2.11 bits per heavy atom. The van der Waals surface area contributed by atoms with E-state index in [1.807, 2.05) is 17.0 Å². The topological polar surface area (TPSA) is 37.4 Å². The van der Waals surface area contributed by atoms with Gasteiger partial charge in [-0.05, 0) is 43.0 Å². The second kappa shape index (κ2) is 4.09. The summed E-state index contributed by atoms with van der Waals surface area (Å²) in [4.78, 5) is 25.7. The quantitative estimate of drug-likeness (QED) is 0.607. The molecule has 1 amide bonds.